The molecule has 1 aliphatic heterocycles. The van der Waals surface area contributed by atoms with E-state index in [1.165, 1.54) is 5.56 Å². The van der Waals surface area contributed by atoms with Crippen molar-refractivity contribution in [2.24, 2.45) is 0 Å². The van der Waals surface area contributed by atoms with E-state index in [0.717, 1.165) is 25.2 Å². The number of carbonyl (C=O) groups is 2. The molecule has 126 valence electrons. The van der Waals surface area contributed by atoms with Crippen LogP contribution in [0.5, 0.6) is 0 Å². The Kier molecular flexibility index (Phi) is 6.55. The van der Waals surface area contributed by atoms with Crippen LogP contribution in [0, 0.1) is 0 Å². The third-order valence-corrected chi connectivity index (χ3v) is 4.07. The molecule has 6 heteroatoms. The summed E-state index contributed by atoms with van der Waals surface area (Å²) in [5, 5.41) is 5.80. The van der Waals surface area contributed by atoms with Crippen molar-refractivity contribution in [1.29, 1.82) is 0 Å². The SMILES string of the molecule is CCc1ccc(NC(=O)CN2CCN(C(=O)CNC)CC2)cc1. The maximum atomic E-state index is 12.1. The van der Waals surface area contributed by atoms with Crippen molar-refractivity contribution in [2.75, 3.05) is 51.6 Å². The molecule has 1 heterocycles. The third-order valence-electron chi connectivity index (χ3n) is 4.07. The van der Waals surface area contributed by atoms with E-state index in [-0.39, 0.29) is 11.8 Å². The number of aryl methyl sites for hydroxylation is 1. The van der Waals surface area contributed by atoms with Gasteiger partial charge in [0.25, 0.3) is 0 Å². The molecule has 1 aliphatic rings. The van der Waals surface area contributed by atoms with Crippen LogP contribution in [0.15, 0.2) is 24.3 Å². The highest BCUT2D eigenvalue weighted by atomic mass is 16.2. The molecule has 2 N–H and O–H groups in total. The van der Waals surface area contributed by atoms with Crippen LogP contribution in [0.25, 0.3) is 0 Å². The van der Waals surface area contributed by atoms with Crippen molar-refractivity contribution in [3.05, 3.63) is 29.8 Å². The molecule has 6 nitrogen and oxygen atoms in total. The summed E-state index contributed by atoms with van der Waals surface area (Å²) in [6, 6.07) is 7.93. The minimum absolute atomic E-state index is 0.00995. The van der Waals surface area contributed by atoms with Crippen LogP contribution in [0.4, 0.5) is 5.69 Å². The number of nitrogens with zero attached hydrogens (tertiary/aromatic N) is 2. The first-order chi connectivity index (χ1) is 11.1. The number of rotatable bonds is 6. The molecule has 0 saturated carbocycles. The fourth-order valence-corrected chi connectivity index (χ4v) is 2.65. The van der Waals surface area contributed by atoms with Crippen molar-refractivity contribution in [1.82, 2.24) is 15.1 Å². The van der Waals surface area contributed by atoms with E-state index in [1.807, 2.05) is 29.2 Å². The summed E-state index contributed by atoms with van der Waals surface area (Å²) in [6.07, 6.45) is 0.991. The second-order valence-corrected chi connectivity index (χ2v) is 5.79. The van der Waals surface area contributed by atoms with E-state index in [2.05, 4.69) is 22.5 Å². The van der Waals surface area contributed by atoms with E-state index in [0.29, 0.717) is 26.2 Å². The summed E-state index contributed by atoms with van der Waals surface area (Å²) in [4.78, 5) is 27.8. The Morgan fingerprint density at radius 1 is 1.09 bits per heavy atom. The van der Waals surface area contributed by atoms with Gasteiger partial charge in [0.05, 0.1) is 13.1 Å². The molecular weight excluding hydrogens is 292 g/mol. The predicted molar refractivity (Wildman–Crippen MR) is 91.4 cm³/mol. The van der Waals surface area contributed by atoms with E-state index < -0.39 is 0 Å². The lowest BCUT2D eigenvalue weighted by molar-refractivity contribution is -0.132. The second kappa shape index (κ2) is 8.64. The van der Waals surface area contributed by atoms with Gasteiger partial charge in [0, 0.05) is 31.9 Å². The molecule has 0 aromatic heterocycles. The second-order valence-electron chi connectivity index (χ2n) is 5.79. The van der Waals surface area contributed by atoms with Crippen molar-refractivity contribution in [2.45, 2.75) is 13.3 Å². The number of likely N-dealkylation sites (N-methyl/N-ethyl adjacent to an activating group) is 1. The van der Waals surface area contributed by atoms with Gasteiger partial charge >= 0.3 is 0 Å². The van der Waals surface area contributed by atoms with Gasteiger partial charge in [-0.1, -0.05) is 19.1 Å². The molecule has 2 amide bonds. The zero-order valence-corrected chi connectivity index (χ0v) is 14.0. The first-order valence-electron chi connectivity index (χ1n) is 8.16. The summed E-state index contributed by atoms with van der Waals surface area (Å²) in [5.74, 6) is 0.108. The van der Waals surface area contributed by atoms with Gasteiger partial charge in [-0.05, 0) is 31.2 Å². The van der Waals surface area contributed by atoms with Gasteiger partial charge in [-0.3, -0.25) is 14.5 Å². The average Bonchev–Trinajstić information content (AvgIpc) is 2.56. The highest BCUT2D eigenvalue weighted by molar-refractivity contribution is 5.92. The smallest absolute Gasteiger partial charge is 0.238 e. The Hall–Kier alpha value is -1.92. The fraction of sp³-hybridized carbons (Fsp3) is 0.529. The zero-order chi connectivity index (χ0) is 16.7. The number of hydrogen-bond donors (Lipinski definition) is 2. The molecule has 1 aromatic carbocycles. The van der Waals surface area contributed by atoms with E-state index >= 15 is 0 Å². The lowest BCUT2D eigenvalue weighted by Gasteiger charge is -2.34. The van der Waals surface area contributed by atoms with Crippen LogP contribution in [-0.4, -0.2) is 67.9 Å². The first-order valence-corrected chi connectivity index (χ1v) is 8.16. The standard InChI is InChI=1S/C17H26N4O2/c1-3-14-4-6-15(7-5-14)19-16(22)13-20-8-10-21(11-9-20)17(23)12-18-2/h4-7,18H,3,8-13H2,1-2H3,(H,19,22). The van der Waals surface area contributed by atoms with Gasteiger partial charge in [0.15, 0.2) is 0 Å². The molecule has 0 radical (unpaired) electrons. The number of benzene rings is 1. The zero-order valence-electron chi connectivity index (χ0n) is 14.0. The van der Waals surface area contributed by atoms with Crippen molar-refractivity contribution in [3.8, 4) is 0 Å². The lowest BCUT2D eigenvalue weighted by Crippen LogP contribution is -2.51. The maximum Gasteiger partial charge on any atom is 0.238 e. The Balaban J connectivity index is 1.75. The molecule has 0 unspecified atom stereocenters. The molecule has 1 aromatic rings. The van der Waals surface area contributed by atoms with Crippen LogP contribution in [0.3, 0.4) is 0 Å². The van der Waals surface area contributed by atoms with Crippen molar-refractivity contribution >= 4 is 17.5 Å². The summed E-state index contributed by atoms with van der Waals surface area (Å²) >= 11 is 0. The highest BCUT2D eigenvalue weighted by Crippen LogP contribution is 2.10. The number of piperazine rings is 1. The monoisotopic (exact) mass is 318 g/mol. The average molecular weight is 318 g/mol. The quantitative estimate of drug-likeness (QED) is 0.804. The Labute approximate surface area is 137 Å². The van der Waals surface area contributed by atoms with Crippen LogP contribution in [-0.2, 0) is 16.0 Å². The summed E-state index contributed by atoms with van der Waals surface area (Å²) in [5.41, 5.74) is 2.08. The maximum absolute atomic E-state index is 12.1. The van der Waals surface area contributed by atoms with E-state index in [9.17, 15) is 9.59 Å². The van der Waals surface area contributed by atoms with Crippen LogP contribution >= 0.6 is 0 Å². The number of nitrogens with one attached hydrogen (secondary N) is 2. The Morgan fingerprint density at radius 2 is 1.74 bits per heavy atom. The molecule has 0 atom stereocenters. The molecule has 2 rings (SSSR count). The molecule has 1 fully saturated rings. The predicted octanol–water partition coefficient (Wildman–Crippen LogP) is 0.551. The Bertz CT molecular complexity index is 522. The number of carbonyl (C=O) groups excluding carboxylic acids is 2. The number of anilines is 1. The van der Waals surface area contributed by atoms with E-state index in [1.54, 1.807) is 7.05 Å². The Morgan fingerprint density at radius 3 is 2.30 bits per heavy atom. The summed E-state index contributed by atoms with van der Waals surface area (Å²) < 4.78 is 0. The molecular formula is C17H26N4O2. The highest BCUT2D eigenvalue weighted by Gasteiger charge is 2.21. The summed E-state index contributed by atoms with van der Waals surface area (Å²) in [6.45, 7) is 5.67. The van der Waals surface area contributed by atoms with Gasteiger partial charge in [0.1, 0.15) is 0 Å². The van der Waals surface area contributed by atoms with Gasteiger partial charge in [-0.15, -0.1) is 0 Å². The van der Waals surface area contributed by atoms with Crippen molar-refractivity contribution in [3.63, 3.8) is 0 Å². The molecule has 0 bridgehead atoms. The minimum atomic E-state index is -0.00995. The molecule has 0 aliphatic carbocycles. The van der Waals surface area contributed by atoms with Crippen LogP contribution in [0.2, 0.25) is 0 Å². The topological polar surface area (TPSA) is 64.7 Å². The van der Waals surface area contributed by atoms with Crippen LogP contribution in [0.1, 0.15) is 12.5 Å². The normalized spacial score (nSPS) is 15.5. The largest absolute Gasteiger partial charge is 0.339 e. The number of hydrogen-bond acceptors (Lipinski definition) is 4. The molecule has 0 spiro atoms. The summed E-state index contributed by atoms with van der Waals surface area (Å²) in [7, 11) is 1.77. The lowest BCUT2D eigenvalue weighted by atomic mass is 10.1. The first kappa shape index (κ1) is 17.4. The van der Waals surface area contributed by atoms with Gasteiger partial charge in [-0.25, -0.2) is 0 Å². The van der Waals surface area contributed by atoms with Gasteiger partial charge in [-0.2, -0.15) is 0 Å². The molecule has 23 heavy (non-hydrogen) atoms. The fourth-order valence-electron chi connectivity index (χ4n) is 2.65. The van der Waals surface area contributed by atoms with Crippen LogP contribution < -0.4 is 10.6 Å². The van der Waals surface area contributed by atoms with Gasteiger partial charge in [0.2, 0.25) is 11.8 Å². The molecule has 1 saturated heterocycles. The third kappa shape index (κ3) is 5.33. The van der Waals surface area contributed by atoms with Gasteiger partial charge < -0.3 is 15.5 Å². The minimum Gasteiger partial charge on any atom is -0.339 e. The van der Waals surface area contributed by atoms with Crippen molar-refractivity contribution < 1.29 is 9.59 Å². The van der Waals surface area contributed by atoms with E-state index in [4.69, 9.17) is 0 Å². The number of amides is 2.